The van der Waals surface area contributed by atoms with Gasteiger partial charge in [0, 0.05) is 18.3 Å². The molecule has 0 aromatic heterocycles. The van der Waals surface area contributed by atoms with Gasteiger partial charge in [-0.1, -0.05) is 25.0 Å². The van der Waals surface area contributed by atoms with Crippen LogP contribution in [0.2, 0.25) is 0 Å². The largest absolute Gasteiger partial charge is 0.392 e. The topological polar surface area (TPSA) is 23.5 Å². The highest BCUT2D eigenvalue weighted by Crippen LogP contribution is 2.37. The van der Waals surface area contributed by atoms with Gasteiger partial charge in [0.25, 0.3) is 0 Å². The maximum Gasteiger partial charge on any atom is 0.0681 e. The molecule has 0 radical (unpaired) electrons. The van der Waals surface area contributed by atoms with Crippen molar-refractivity contribution in [1.29, 1.82) is 0 Å². The van der Waals surface area contributed by atoms with Crippen LogP contribution in [-0.2, 0) is 6.61 Å². The SMILES string of the molecule is OCc1ccc(N2CCCC2C2CCCC2)cc1. The molecular formula is C16H23NO. The second-order valence-electron chi connectivity index (χ2n) is 5.77. The third-order valence-electron chi connectivity index (χ3n) is 4.69. The first-order chi connectivity index (χ1) is 8.88. The van der Waals surface area contributed by atoms with E-state index in [1.165, 1.54) is 50.8 Å². The van der Waals surface area contributed by atoms with Crippen LogP contribution in [0.25, 0.3) is 0 Å². The molecule has 1 aliphatic carbocycles. The van der Waals surface area contributed by atoms with Crippen molar-refractivity contribution in [3.05, 3.63) is 29.8 Å². The summed E-state index contributed by atoms with van der Waals surface area (Å²) in [4.78, 5) is 2.61. The zero-order chi connectivity index (χ0) is 12.4. The Morgan fingerprint density at radius 2 is 1.72 bits per heavy atom. The van der Waals surface area contributed by atoms with Crippen molar-refractivity contribution in [3.8, 4) is 0 Å². The first kappa shape index (κ1) is 12.0. The summed E-state index contributed by atoms with van der Waals surface area (Å²) < 4.78 is 0. The molecule has 1 atom stereocenters. The highest BCUT2D eigenvalue weighted by Gasteiger charge is 2.33. The molecule has 98 valence electrons. The van der Waals surface area contributed by atoms with Crippen LogP contribution in [0, 0.1) is 5.92 Å². The van der Waals surface area contributed by atoms with E-state index in [1.54, 1.807) is 0 Å². The first-order valence-corrected chi connectivity index (χ1v) is 7.35. The fraction of sp³-hybridized carbons (Fsp3) is 0.625. The van der Waals surface area contributed by atoms with E-state index in [9.17, 15) is 0 Å². The van der Waals surface area contributed by atoms with Gasteiger partial charge in [0.2, 0.25) is 0 Å². The Kier molecular flexibility index (Phi) is 3.55. The van der Waals surface area contributed by atoms with Crippen LogP contribution in [0.5, 0.6) is 0 Å². The molecule has 0 amide bonds. The predicted molar refractivity (Wildman–Crippen MR) is 74.7 cm³/mol. The lowest BCUT2D eigenvalue weighted by Crippen LogP contribution is -2.34. The average molecular weight is 245 g/mol. The second-order valence-corrected chi connectivity index (χ2v) is 5.77. The molecule has 0 bridgehead atoms. The normalized spacial score (nSPS) is 24.9. The molecule has 1 saturated carbocycles. The molecule has 1 heterocycles. The summed E-state index contributed by atoms with van der Waals surface area (Å²) in [5, 5.41) is 9.10. The van der Waals surface area contributed by atoms with E-state index in [0.29, 0.717) is 0 Å². The fourth-order valence-electron chi connectivity index (χ4n) is 3.74. The minimum atomic E-state index is 0.145. The third kappa shape index (κ3) is 2.26. The molecule has 1 saturated heterocycles. The van der Waals surface area contributed by atoms with Gasteiger partial charge in [-0.2, -0.15) is 0 Å². The molecule has 1 aliphatic heterocycles. The molecule has 1 N–H and O–H groups in total. The molecule has 2 nitrogen and oxygen atoms in total. The molecule has 1 aromatic carbocycles. The van der Waals surface area contributed by atoms with Crippen LogP contribution < -0.4 is 4.90 Å². The maximum absolute atomic E-state index is 9.10. The number of benzene rings is 1. The Labute approximate surface area is 110 Å². The summed E-state index contributed by atoms with van der Waals surface area (Å²) in [5.74, 6) is 0.921. The summed E-state index contributed by atoms with van der Waals surface area (Å²) in [6, 6.07) is 9.24. The number of rotatable bonds is 3. The van der Waals surface area contributed by atoms with Crippen molar-refractivity contribution in [2.75, 3.05) is 11.4 Å². The van der Waals surface area contributed by atoms with E-state index in [1.807, 2.05) is 0 Å². The van der Waals surface area contributed by atoms with Crippen LogP contribution in [-0.4, -0.2) is 17.7 Å². The van der Waals surface area contributed by atoms with Crippen molar-refractivity contribution in [2.45, 2.75) is 51.2 Å². The Balaban J connectivity index is 1.76. The van der Waals surface area contributed by atoms with E-state index in [4.69, 9.17) is 5.11 Å². The number of anilines is 1. The van der Waals surface area contributed by atoms with Gasteiger partial charge in [0.1, 0.15) is 0 Å². The van der Waals surface area contributed by atoms with E-state index in [-0.39, 0.29) is 6.61 Å². The van der Waals surface area contributed by atoms with Gasteiger partial charge in [0.05, 0.1) is 6.61 Å². The lowest BCUT2D eigenvalue weighted by molar-refractivity contribution is 0.282. The van der Waals surface area contributed by atoms with Gasteiger partial charge in [-0.3, -0.25) is 0 Å². The summed E-state index contributed by atoms with van der Waals surface area (Å²) in [6.45, 7) is 1.35. The molecule has 0 spiro atoms. The summed E-state index contributed by atoms with van der Waals surface area (Å²) in [5.41, 5.74) is 2.36. The lowest BCUT2D eigenvalue weighted by Gasteiger charge is -2.31. The lowest BCUT2D eigenvalue weighted by atomic mass is 9.95. The standard InChI is InChI=1S/C16H23NO/c18-12-13-7-9-15(10-8-13)17-11-3-6-16(17)14-4-1-2-5-14/h7-10,14,16,18H,1-6,11-12H2. The summed E-state index contributed by atoms with van der Waals surface area (Å²) in [6.07, 6.45) is 8.41. The second kappa shape index (κ2) is 5.31. The number of hydrogen-bond acceptors (Lipinski definition) is 2. The number of aliphatic hydroxyl groups is 1. The molecule has 1 unspecified atom stereocenters. The summed E-state index contributed by atoms with van der Waals surface area (Å²) in [7, 11) is 0. The molecule has 2 aliphatic rings. The molecule has 18 heavy (non-hydrogen) atoms. The van der Waals surface area contributed by atoms with Gasteiger partial charge < -0.3 is 10.0 Å². The molecular weight excluding hydrogens is 222 g/mol. The molecule has 2 fully saturated rings. The average Bonchev–Trinajstić information content (AvgIpc) is 3.09. The van der Waals surface area contributed by atoms with Crippen LogP contribution in [0.3, 0.4) is 0 Å². The molecule has 3 rings (SSSR count). The first-order valence-electron chi connectivity index (χ1n) is 7.35. The highest BCUT2D eigenvalue weighted by molar-refractivity contribution is 5.49. The Hall–Kier alpha value is -1.02. The molecule has 1 aromatic rings. The van der Waals surface area contributed by atoms with Crippen LogP contribution in [0.1, 0.15) is 44.1 Å². The van der Waals surface area contributed by atoms with Crippen LogP contribution >= 0.6 is 0 Å². The smallest absolute Gasteiger partial charge is 0.0681 e. The van der Waals surface area contributed by atoms with Crippen molar-refractivity contribution < 1.29 is 5.11 Å². The third-order valence-corrected chi connectivity index (χ3v) is 4.69. The maximum atomic E-state index is 9.10. The van der Waals surface area contributed by atoms with E-state index in [2.05, 4.69) is 29.2 Å². The van der Waals surface area contributed by atoms with Crippen LogP contribution in [0.4, 0.5) is 5.69 Å². The van der Waals surface area contributed by atoms with Gasteiger partial charge in [-0.25, -0.2) is 0 Å². The summed E-state index contributed by atoms with van der Waals surface area (Å²) >= 11 is 0. The van der Waals surface area contributed by atoms with Crippen molar-refractivity contribution in [2.24, 2.45) is 5.92 Å². The van der Waals surface area contributed by atoms with Crippen molar-refractivity contribution in [3.63, 3.8) is 0 Å². The van der Waals surface area contributed by atoms with Crippen molar-refractivity contribution in [1.82, 2.24) is 0 Å². The zero-order valence-corrected chi connectivity index (χ0v) is 11.0. The van der Waals surface area contributed by atoms with Crippen molar-refractivity contribution >= 4 is 5.69 Å². The monoisotopic (exact) mass is 245 g/mol. The number of hydrogen-bond donors (Lipinski definition) is 1. The van der Waals surface area contributed by atoms with Gasteiger partial charge in [-0.15, -0.1) is 0 Å². The van der Waals surface area contributed by atoms with Gasteiger partial charge >= 0.3 is 0 Å². The van der Waals surface area contributed by atoms with Crippen LogP contribution in [0.15, 0.2) is 24.3 Å². The zero-order valence-electron chi connectivity index (χ0n) is 11.0. The van der Waals surface area contributed by atoms with Gasteiger partial charge in [0.15, 0.2) is 0 Å². The number of nitrogens with zero attached hydrogens (tertiary/aromatic N) is 1. The van der Waals surface area contributed by atoms with E-state index < -0.39 is 0 Å². The van der Waals surface area contributed by atoms with E-state index in [0.717, 1.165) is 17.5 Å². The highest BCUT2D eigenvalue weighted by atomic mass is 16.3. The quantitative estimate of drug-likeness (QED) is 0.883. The minimum Gasteiger partial charge on any atom is -0.392 e. The minimum absolute atomic E-state index is 0.145. The number of aliphatic hydroxyl groups excluding tert-OH is 1. The fourth-order valence-corrected chi connectivity index (χ4v) is 3.74. The Morgan fingerprint density at radius 1 is 1.00 bits per heavy atom. The molecule has 2 heteroatoms. The van der Waals surface area contributed by atoms with Gasteiger partial charge in [-0.05, 0) is 49.3 Å². The predicted octanol–water partition coefficient (Wildman–Crippen LogP) is 3.34. The van der Waals surface area contributed by atoms with E-state index >= 15 is 0 Å². The Morgan fingerprint density at radius 3 is 2.39 bits per heavy atom. The Bertz CT molecular complexity index is 381.